The quantitative estimate of drug-likeness (QED) is 0.432. The van der Waals surface area contributed by atoms with Gasteiger partial charge >= 0.3 is 8.80 Å². The van der Waals surface area contributed by atoms with Crippen molar-refractivity contribution in [2.24, 2.45) is 0 Å². The summed E-state index contributed by atoms with van der Waals surface area (Å²) in [5.41, 5.74) is -1.17. The fourth-order valence-electron chi connectivity index (χ4n) is 1.28. The lowest BCUT2D eigenvalue weighted by Crippen LogP contribution is -2.41. The monoisotopic (exact) mass is 264 g/mol. The van der Waals surface area contributed by atoms with Crippen LogP contribution in [0.15, 0.2) is 29.2 Å². The molecule has 0 spiro atoms. The molecule has 1 rings (SSSR count). The van der Waals surface area contributed by atoms with E-state index in [4.69, 9.17) is 18.9 Å². The molecule has 6 nitrogen and oxygen atoms in total. The molecule has 1 unspecified atom stereocenters. The molecule has 16 heavy (non-hydrogen) atoms. The lowest BCUT2D eigenvalue weighted by atomic mass is 10.2. The third-order valence-electron chi connectivity index (χ3n) is 2.24. The average molecular weight is 264 g/mol. The Bertz CT molecular complexity index is 478. The van der Waals surface area contributed by atoms with Crippen molar-refractivity contribution in [2.75, 3.05) is 0 Å². The fraction of sp³-hybridized carbons (Fsp3) is 0.250. The van der Waals surface area contributed by atoms with Crippen molar-refractivity contribution in [3.63, 3.8) is 0 Å². The highest BCUT2D eigenvalue weighted by Crippen LogP contribution is 2.27. The molecule has 0 heterocycles. The number of hydrogen-bond acceptors (Lipinski definition) is 5. The van der Waals surface area contributed by atoms with Gasteiger partial charge in [-0.25, -0.2) is 0 Å². The van der Waals surface area contributed by atoms with Crippen LogP contribution in [0.25, 0.3) is 0 Å². The standard InChI is InChI=1S/C8H12O6SSi/c1-6(16(12,13)14)7-4-2-3-5-8(7)15(9,10)11/h2-6,12-14H,1H3,(H,9,10,11). The van der Waals surface area contributed by atoms with Crippen LogP contribution in [-0.4, -0.2) is 36.2 Å². The summed E-state index contributed by atoms with van der Waals surface area (Å²) in [5, 5.41) is 0. The van der Waals surface area contributed by atoms with E-state index in [1.165, 1.54) is 25.1 Å². The summed E-state index contributed by atoms with van der Waals surface area (Å²) in [5.74, 6) is 0. The van der Waals surface area contributed by atoms with E-state index in [9.17, 15) is 8.42 Å². The van der Waals surface area contributed by atoms with E-state index >= 15 is 0 Å². The summed E-state index contributed by atoms with van der Waals surface area (Å²) >= 11 is 0. The fourth-order valence-corrected chi connectivity index (χ4v) is 2.85. The Hall–Kier alpha value is -0.773. The molecule has 0 aromatic heterocycles. The largest absolute Gasteiger partial charge is 0.500 e. The molecule has 0 aliphatic heterocycles. The molecule has 0 amide bonds. The Labute approximate surface area is 93.9 Å². The Morgan fingerprint density at radius 2 is 1.69 bits per heavy atom. The van der Waals surface area contributed by atoms with Gasteiger partial charge in [0.1, 0.15) is 0 Å². The smallest absolute Gasteiger partial charge is 0.390 e. The molecule has 0 bridgehead atoms. The molecule has 8 heteroatoms. The van der Waals surface area contributed by atoms with Crippen molar-refractivity contribution < 1.29 is 27.4 Å². The van der Waals surface area contributed by atoms with Crippen molar-refractivity contribution in [2.45, 2.75) is 17.4 Å². The lowest BCUT2D eigenvalue weighted by molar-refractivity contribution is 0.214. The summed E-state index contributed by atoms with van der Waals surface area (Å²) in [6, 6.07) is 5.29. The molecule has 0 aliphatic carbocycles. The SMILES string of the molecule is CC(c1ccccc1S(=O)(=O)O)[Si](O)(O)O. The van der Waals surface area contributed by atoms with Crippen molar-refractivity contribution >= 4 is 18.9 Å². The lowest BCUT2D eigenvalue weighted by Gasteiger charge is -2.20. The van der Waals surface area contributed by atoms with Crippen LogP contribution in [0.2, 0.25) is 0 Å². The molecule has 0 fully saturated rings. The van der Waals surface area contributed by atoms with Crippen LogP contribution < -0.4 is 0 Å². The summed E-state index contributed by atoms with van der Waals surface area (Å²) in [6.45, 7) is 1.27. The van der Waals surface area contributed by atoms with Crippen LogP contribution in [0, 0.1) is 0 Å². The third kappa shape index (κ3) is 2.87. The van der Waals surface area contributed by atoms with E-state index in [-0.39, 0.29) is 5.56 Å². The molecule has 0 saturated carbocycles. The highest BCUT2D eigenvalue weighted by molar-refractivity contribution is 7.85. The average Bonchev–Trinajstić information content (AvgIpc) is 2.14. The van der Waals surface area contributed by atoms with E-state index in [1.54, 1.807) is 0 Å². The molecule has 90 valence electrons. The van der Waals surface area contributed by atoms with Gasteiger partial charge in [0.15, 0.2) is 0 Å². The Balaban J connectivity index is 3.36. The number of hydrogen-bond donors (Lipinski definition) is 4. The molecular weight excluding hydrogens is 252 g/mol. The van der Waals surface area contributed by atoms with Gasteiger partial charge in [-0.2, -0.15) is 8.42 Å². The van der Waals surface area contributed by atoms with E-state index in [2.05, 4.69) is 0 Å². The van der Waals surface area contributed by atoms with Gasteiger partial charge in [0, 0.05) is 0 Å². The first-order chi connectivity index (χ1) is 7.14. The van der Waals surface area contributed by atoms with E-state index < -0.39 is 29.4 Å². The van der Waals surface area contributed by atoms with Crippen molar-refractivity contribution in [3.05, 3.63) is 29.8 Å². The first-order valence-electron chi connectivity index (χ1n) is 4.37. The van der Waals surface area contributed by atoms with Crippen LogP contribution in [0.1, 0.15) is 18.0 Å². The zero-order valence-electron chi connectivity index (χ0n) is 8.40. The van der Waals surface area contributed by atoms with Crippen LogP contribution in [-0.2, 0) is 10.1 Å². The van der Waals surface area contributed by atoms with Gasteiger partial charge in [-0.1, -0.05) is 25.1 Å². The number of rotatable bonds is 3. The van der Waals surface area contributed by atoms with Gasteiger partial charge in [-0.05, 0) is 11.6 Å². The zero-order valence-corrected chi connectivity index (χ0v) is 10.2. The van der Waals surface area contributed by atoms with E-state index in [0.29, 0.717) is 0 Å². The molecule has 1 aromatic rings. The van der Waals surface area contributed by atoms with Crippen molar-refractivity contribution in [1.82, 2.24) is 0 Å². The van der Waals surface area contributed by atoms with Gasteiger partial charge in [0.2, 0.25) is 0 Å². The highest BCUT2D eigenvalue weighted by Gasteiger charge is 2.39. The Morgan fingerprint density at radius 3 is 2.12 bits per heavy atom. The topological polar surface area (TPSA) is 115 Å². The van der Waals surface area contributed by atoms with Crippen molar-refractivity contribution in [3.8, 4) is 0 Å². The minimum absolute atomic E-state index is 0.0239. The van der Waals surface area contributed by atoms with Crippen LogP contribution in [0.5, 0.6) is 0 Å². The van der Waals surface area contributed by atoms with E-state index in [1.807, 2.05) is 0 Å². The second kappa shape index (κ2) is 4.24. The Kier molecular flexibility index (Phi) is 3.52. The second-order valence-electron chi connectivity index (χ2n) is 3.42. The maximum atomic E-state index is 11.0. The molecule has 0 radical (unpaired) electrons. The predicted molar refractivity (Wildman–Crippen MR) is 57.1 cm³/mol. The minimum Gasteiger partial charge on any atom is -0.390 e. The maximum absolute atomic E-state index is 11.0. The first kappa shape index (κ1) is 13.3. The molecule has 4 N–H and O–H groups in total. The van der Waals surface area contributed by atoms with Crippen LogP contribution >= 0.6 is 0 Å². The minimum atomic E-state index is -4.49. The summed E-state index contributed by atoms with van der Waals surface area (Å²) < 4.78 is 30.9. The maximum Gasteiger partial charge on any atom is 0.500 e. The predicted octanol–water partition coefficient (Wildman–Crippen LogP) is -0.508. The summed E-state index contributed by atoms with van der Waals surface area (Å²) in [7, 11) is -8.94. The van der Waals surface area contributed by atoms with Crippen molar-refractivity contribution in [1.29, 1.82) is 0 Å². The zero-order chi connectivity index (χ0) is 12.6. The Morgan fingerprint density at radius 1 is 1.19 bits per heavy atom. The highest BCUT2D eigenvalue weighted by atomic mass is 32.2. The molecule has 1 atom stereocenters. The molecule has 1 aromatic carbocycles. The molecular formula is C8H12O6SSi. The number of benzene rings is 1. The second-order valence-corrected chi connectivity index (χ2v) is 7.05. The normalized spacial score (nSPS) is 14.8. The van der Waals surface area contributed by atoms with Gasteiger partial charge in [0.25, 0.3) is 10.1 Å². The molecule has 0 saturated heterocycles. The third-order valence-corrected chi connectivity index (χ3v) is 4.64. The molecule has 0 aliphatic rings. The first-order valence-corrected chi connectivity index (χ1v) is 7.73. The van der Waals surface area contributed by atoms with Gasteiger partial charge < -0.3 is 14.4 Å². The van der Waals surface area contributed by atoms with Crippen LogP contribution in [0.3, 0.4) is 0 Å². The van der Waals surface area contributed by atoms with Crippen LogP contribution in [0.4, 0.5) is 0 Å². The summed E-state index contributed by atoms with van der Waals surface area (Å²) in [4.78, 5) is 26.9. The van der Waals surface area contributed by atoms with Gasteiger partial charge in [-0.15, -0.1) is 0 Å². The van der Waals surface area contributed by atoms with Gasteiger partial charge in [0.05, 0.1) is 10.4 Å². The van der Waals surface area contributed by atoms with E-state index in [0.717, 1.165) is 6.07 Å². The van der Waals surface area contributed by atoms with Gasteiger partial charge in [-0.3, -0.25) is 4.55 Å². The summed E-state index contributed by atoms with van der Waals surface area (Å²) in [6.07, 6.45) is 0.